The van der Waals surface area contributed by atoms with E-state index in [-0.39, 0.29) is 0 Å². The standard InChI is InChI=1S/C17H27N/c1-12-9-14(3)16(10-13(12)2)17(18-4)11-15-7-5-6-8-15/h9-10,15,17-18H,5-8,11H2,1-4H3. The minimum Gasteiger partial charge on any atom is -0.313 e. The summed E-state index contributed by atoms with van der Waals surface area (Å²) in [6.45, 7) is 6.68. The quantitative estimate of drug-likeness (QED) is 0.826. The Balaban J connectivity index is 2.18. The van der Waals surface area contributed by atoms with Crippen LogP contribution in [0.4, 0.5) is 0 Å². The van der Waals surface area contributed by atoms with E-state index >= 15 is 0 Å². The third kappa shape index (κ3) is 2.95. The predicted molar refractivity (Wildman–Crippen MR) is 79.0 cm³/mol. The molecule has 0 aliphatic heterocycles. The Morgan fingerprint density at radius 1 is 1.06 bits per heavy atom. The van der Waals surface area contributed by atoms with Crippen molar-refractivity contribution >= 4 is 0 Å². The zero-order chi connectivity index (χ0) is 13.1. The summed E-state index contributed by atoms with van der Waals surface area (Å²) in [7, 11) is 2.11. The fourth-order valence-electron chi connectivity index (χ4n) is 3.34. The van der Waals surface area contributed by atoms with E-state index in [1.807, 2.05) is 0 Å². The number of aryl methyl sites for hydroxylation is 3. The Kier molecular flexibility index (Phi) is 4.45. The summed E-state index contributed by atoms with van der Waals surface area (Å²) in [5.74, 6) is 0.934. The molecule has 2 rings (SSSR count). The number of benzene rings is 1. The van der Waals surface area contributed by atoms with E-state index in [2.05, 4.69) is 45.3 Å². The Morgan fingerprint density at radius 2 is 1.67 bits per heavy atom. The SMILES string of the molecule is CNC(CC1CCCC1)c1cc(C)c(C)cc1C. The van der Waals surface area contributed by atoms with Gasteiger partial charge in [-0.05, 0) is 62.4 Å². The van der Waals surface area contributed by atoms with Crippen LogP contribution in [0.15, 0.2) is 12.1 Å². The molecular weight excluding hydrogens is 218 g/mol. The van der Waals surface area contributed by atoms with Crippen molar-refractivity contribution in [3.63, 3.8) is 0 Å². The lowest BCUT2D eigenvalue weighted by molar-refractivity contribution is 0.412. The van der Waals surface area contributed by atoms with E-state index in [0.717, 1.165) is 5.92 Å². The third-order valence-electron chi connectivity index (χ3n) is 4.65. The van der Waals surface area contributed by atoms with Crippen LogP contribution in [0.25, 0.3) is 0 Å². The highest BCUT2D eigenvalue weighted by molar-refractivity contribution is 5.38. The molecule has 1 saturated carbocycles. The summed E-state index contributed by atoms with van der Waals surface area (Å²) in [6, 6.07) is 5.26. The van der Waals surface area contributed by atoms with Crippen LogP contribution in [0.1, 0.15) is 60.4 Å². The molecule has 0 spiro atoms. The molecule has 0 aromatic heterocycles. The number of hydrogen-bond donors (Lipinski definition) is 1. The normalized spacial score (nSPS) is 18.2. The fraction of sp³-hybridized carbons (Fsp3) is 0.647. The summed E-state index contributed by atoms with van der Waals surface area (Å²) in [5.41, 5.74) is 5.78. The van der Waals surface area contributed by atoms with Gasteiger partial charge in [-0.15, -0.1) is 0 Å². The van der Waals surface area contributed by atoms with Gasteiger partial charge in [0.1, 0.15) is 0 Å². The summed E-state index contributed by atoms with van der Waals surface area (Å²) in [4.78, 5) is 0. The molecule has 0 heterocycles. The topological polar surface area (TPSA) is 12.0 Å². The average Bonchev–Trinajstić information content (AvgIpc) is 2.84. The first-order valence-corrected chi connectivity index (χ1v) is 7.37. The van der Waals surface area contributed by atoms with Crippen LogP contribution in [0.2, 0.25) is 0 Å². The van der Waals surface area contributed by atoms with Crippen molar-refractivity contribution in [1.82, 2.24) is 5.32 Å². The Hall–Kier alpha value is -0.820. The lowest BCUT2D eigenvalue weighted by atomic mass is 9.89. The molecule has 1 fully saturated rings. The van der Waals surface area contributed by atoms with E-state index in [4.69, 9.17) is 0 Å². The first-order chi connectivity index (χ1) is 8.61. The lowest BCUT2D eigenvalue weighted by Gasteiger charge is -2.23. The second-order valence-corrected chi connectivity index (χ2v) is 6.02. The molecule has 1 aromatic carbocycles. The zero-order valence-corrected chi connectivity index (χ0v) is 12.3. The molecule has 1 aromatic rings. The van der Waals surface area contributed by atoms with E-state index in [1.165, 1.54) is 54.4 Å². The van der Waals surface area contributed by atoms with Crippen LogP contribution in [0.3, 0.4) is 0 Å². The molecule has 18 heavy (non-hydrogen) atoms. The molecule has 1 aliphatic rings. The van der Waals surface area contributed by atoms with Crippen molar-refractivity contribution in [2.24, 2.45) is 5.92 Å². The first-order valence-electron chi connectivity index (χ1n) is 7.37. The molecular formula is C17H27N. The summed E-state index contributed by atoms with van der Waals surface area (Å²) in [5, 5.41) is 3.53. The van der Waals surface area contributed by atoms with Crippen molar-refractivity contribution in [3.8, 4) is 0 Å². The Morgan fingerprint density at radius 3 is 2.28 bits per heavy atom. The second-order valence-electron chi connectivity index (χ2n) is 6.02. The van der Waals surface area contributed by atoms with Gasteiger partial charge in [0.05, 0.1) is 0 Å². The molecule has 1 heteroatoms. The van der Waals surface area contributed by atoms with Crippen molar-refractivity contribution in [1.29, 1.82) is 0 Å². The Labute approximate surface area is 112 Å². The predicted octanol–water partition coefficient (Wildman–Crippen LogP) is 4.45. The fourth-order valence-corrected chi connectivity index (χ4v) is 3.34. The monoisotopic (exact) mass is 245 g/mol. The zero-order valence-electron chi connectivity index (χ0n) is 12.3. The maximum Gasteiger partial charge on any atom is 0.0322 e. The highest BCUT2D eigenvalue weighted by Crippen LogP contribution is 2.34. The minimum atomic E-state index is 0.535. The second kappa shape index (κ2) is 5.88. The van der Waals surface area contributed by atoms with E-state index in [0.29, 0.717) is 6.04 Å². The molecule has 1 atom stereocenters. The highest BCUT2D eigenvalue weighted by Gasteiger charge is 2.21. The number of hydrogen-bond acceptors (Lipinski definition) is 1. The Bertz CT molecular complexity index is 402. The summed E-state index contributed by atoms with van der Waals surface area (Å²) in [6.07, 6.45) is 7.05. The van der Waals surface area contributed by atoms with Gasteiger partial charge in [0.2, 0.25) is 0 Å². The average molecular weight is 245 g/mol. The van der Waals surface area contributed by atoms with E-state index in [1.54, 1.807) is 0 Å². The third-order valence-corrected chi connectivity index (χ3v) is 4.65. The van der Waals surface area contributed by atoms with Crippen LogP contribution >= 0.6 is 0 Å². The maximum atomic E-state index is 3.53. The summed E-state index contributed by atoms with van der Waals surface area (Å²) < 4.78 is 0. The molecule has 0 bridgehead atoms. The van der Waals surface area contributed by atoms with E-state index < -0.39 is 0 Å². The number of nitrogens with one attached hydrogen (secondary N) is 1. The van der Waals surface area contributed by atoms with Crippen LogP contribution < -0.4 is 5.32 Å². The molecule has 0 amide bonds. The van der Waals surface area contributed by atoms with Crippen LogP contribution in [-0.4, -0.2) is 7.05 Å². The van der Waals surface area contributed by atoms with Gasteiger partial charge < -0.3 is 5.32 Å². The van der Waals surface area contributed by atoms with Crippen molar-refractivity contribution < 1.29 is 0 Å². The van der Waals surface area contributed by atoms with Gasteiger partial charge in [0, 0.05) is 6.04 Å². The highest BCUT2D eigenvalue weighted by atomic mass is 14.9. The summed E-state index contributed by atoms with van der Waals surface area (Å²) >= 11 is 0. The van der Waals surface area contributed by atoms with Gasteiger partial charge in [-0.1, -0.05) is 37.8 Å². The lowest BCUT2D eigenvalue weighted by Crippen LogP contribution is -2.20. The molecule has 0 saturated heterocycles. The molecule has 0 radical (unpaired) electrons. The molecule has 1 unspecified atom stereocenters. The van der Waals surface area contributed by atoms with Crippen molar-refractivity contribution in [2.75, 3.05) is 7.05 Å². The van der Waals surface area contributed by atoms with Gasteiger partial charge in [-0.25, -0.2) is 0 Å². The van der Waals surface area contributed by atoms with Gasteiger partial charge in [-0.3, -0.25) is 0 Å². The number of rotatable bonds is 4. The van der Waals surface area contributed by atoms with Gasteiger partial charge in [0.25, 0.3) is 0 Å². The molecule has 1 aliphatic carbocycles. The van der Waals surface area contributed by atoms with Gasteiger partial charge >= 0.3 is 0 Å². The van der Waals surface area contributed by atoms with Crippen LogP contribution in [0.5, 0.6) is 0 Å². The maximum absolute atomic E-state index is 3.53. The minimum absolute atomic E-state index is 0.535. The molecule has 100 valence electrons. The largest absolute Gasteiger partial charge is 0.313 e. The van der Waals surface area contributed by atoms with Crippen molar-refractivity contribution in [3.05, 3.63) is 34.4 Å². The van der Waals surface area contributed by atoms with Crippen LogP contribution in [-0.2, 0) is 0 Å². The smallest absolute Gasteiger partial charge is 0.0322 e. The first kappa shape index (κ1) is 13.6. The van der Waals surface area contributed by atoms with E-state index in [9.17, 15) is 0 Å². The van der Waals surface area contributed by atoms with Crippen LogP contribution in [0, 0.1) is 26.7 Å². The molecule has 1 nitrogen and oxygen atoms in total. The van der Waals surface area contributed by atoms with Gasteiger partial charge in [-0.2, -0.15) is 0 Å². The molecule has 1 N–H and O–H groups in total. The van der Waals surface area contributed by atoms with Gasteiger partial charge in [0.15, 0.2) is 0 Å². The van der Waals surface area contributed by atoms with Crippen molar-refractivity contribution in [2.45, 2.75) is 58.9 Å².